The van der Waals surface area contributed by atoms with Crippen molar-refractivity contribution in [2.45, 2.75) is 13.0 Å². The normalized spacial score (nSPS) is 12.2. The fourth-order valence-electron chi connectivity index (χ4n) is 1.61. The van der Waals surface area contributed by atoms with Gasteiger partial charge in [0.1, 0.15) is 23.6 Å². The molecule has 0 saturated carbocycles. The van der Waals surface area contributed by atoms with Gasteiger partial charge in [-0.05, 0) is 24.6 Å². The van der Waals surface area contributed by atoms with Gasteiger partial charge in [0, 0.05) is 4.47 Å². The van der Waals surface area contributed by atoms with Gasteiger partial charge in [0.05, 0.1) is 6.61 Å². The number of ether oxygens (including phenoxy) is 1. The minimum Gasteiger partial charge on any atom is -0.462 e. The number of aliphatic hydroxyl groups excluding tert-OH is 1. The van der Waals surface area contributed by atoms with Gasteiger partial charge in [0.15, 0.2) is 0 Å². The van der Waals surface area contributed by atoms with Crippen molar-refractivity contribution in [2.75, 3.05) is 6.61 Å². The quantitative estimate of drug-likeness (QED) is 0.875. The van der Waals surface area contributed by atoms with Crippen molar-refractivity contribution < 1.29 is 19.2 Å². The molecule has 2 rings (SSSR count). The van der Waals surface area contributed by atoms with Crippen LogP contribution in [-0.4, -0.2) is 22.8 Å². The molecule has 0 bridgehead atoms. The molecule has 1 aromatic heterocycles. The Morgan fingerprint density at radius 2 is 2.16 bits per heavy atom. The van der Waals surface area contributed by atoms with Crippen molar-refractivity contribution in [1.82, 2.24) is 5.16 Å². The molecule has 0 aliphatic heterocycles. The third-order valence-corrected chi connectivity index (χ3v) is 3.07. The number of benzene rings is 1. The van der Waals surface area contributed by atoms with E-state index in [4.69, 9.17) is 9.26 Å². The summed E-state index contributed by atoms with van der Waals surface area (Å²) in [7, 11) is 0. The van der Waals surface area contributed by atoms with Gasteiger partial charge >= 0.3 is 5.97 Å². The first-order valence-electron chi connectivity index (χ1n) is 5.68. The molecule has 0 aliphatic carbocycles. The molecule has 100 valence electrons. The number of esters is 1. The lowest BCUT2D eigenvalue weighted by atomic mass is 10.0. The van der Waals surface area contributed by atoms with Crippen LogP contribution in [0.4, 0.5) is 0 Å². The van der Waals surface area contributed by atoms with E-state index in [1.807, 2.05) is 0 Å². The van der Waals surface area contributed by atoms with Crippen molar-refractivity contribution in [1.29, 1.82) is 0 Å². The predicted octanol–water partition coefficient (Wildman–Crippen LogP) is 2.70. The summed E-state index contributed by atoms with van der Waals surface area (Å²) in [4.78, 5) is 11.7. The van der Waals surface area contributed by atoms with E-state index >= 15 is 0 Å². The van der Waals surface area contributed by atoms with Crippen LogP contribution in [0.1, 0.15) is 34.6 Å². The molecule has 0 aliphatic rings. The Bertz CT molecular complexity index is 564. The number of aliphatic hydroxyl groups is 1. The Hall–Kier alpha value is -1.66. The number of hydrogen-bond donors (Lipinski definition) is 1. The molecule has 19 heavy (non-hydrogen) atoms. The van der Waals surface area contributed by atoms with Crippen LogP contribution in [0, 0.1) is 0 Å². The Balaban J connectivity index is 2.29. The zero-order valence-electron chi connectivity index (χ0n) is 10.2. The molecule has 0 saturated heterocycles. The molecule has 1 aromatic carbocycles. The smallest absolute Gasteiger partial charge is 0.343 e. The first-order valence-corrected chi connectivity index (χ1v) is 6.47. The van der Waals surface area contributed by atoms with Crippen LogP contribution >= 0.6 is 15.9 Å². The first-order chi connectivity index (χ1) is 9.13. The van der Waals surface area contributed by atoms with Crippen LogP contribution in [0.3, 0.4) is 0 Å². The van der Waals surface area contributed by atoms with E-state index < -0.39 is 12.1 Å². The molecule has 5 nitrogen and oxygen atoms in total. The fourth-order valence-corrected chi connectivity index (χ4v) is 1.87. The predicted molar refractivity (Wildman–Crippen MR) is 70.7 cm³/mol. The minimum atomic E-state index is -1.04. The summed E-state index contributed by atoms with van der Waals surface area (Å²) in [6.07, 6.45) is 0.140. The molecule has 1 heterocycles. The molecule has 1 N–H and O–H groups in total. The SMILES string of the molecule is CCOC(=O)c1conc1[C@H](O)c1ccc(Br)cc1. The topological polar surface area (TPSA) is 72.6 Å². The second-order valence-electron chi connectivity index (χ2n) is 3.79. The third kappa shape index (κ3) is 3.02. The molecular formula is C13H12BrNO4. The zero-order chi connectivity index (χ0) is 13.8. The average molecular weight is 326 g/mol. The van der Waals surface area contributed by atoms with E-state index in [2.05, 4.69) is 21.1 Å². The summed E-state index contributed by atoms with van der Waals surface area (Å²) < 4.78 is 10.5. The van der Waals surface area contributed by atoms with Gasteiger partial charge in [0.2, 0.25) is 0 Å². The number of aromatic nitrogens is 1. The summed E-state index contributed by atoms with van der Waals surface area (Å²) in [5.74, 6) is -0.560. The summed E-state index contributed by atoms with van der Waals surface area (Å²) in [5, 5.41) is 13.9. The molecule has 0 amide bonds. The van der Waals surface area contributed by atoms with Crippen LogP contribution < -0.4 is 0 Å². The molecule has 0 unspecified atom stereocenters. The highest BCUT2D eigenvalue weighted by molar-refractivity contribution is 9.10. The lowest BCUT2D eigenvalue weighted by Gasteiger charge is -2.09. The highest BCUT2D eigenvalue weighted by Gasteiger charge is 2.24. The minimum absolute atomic E-state index is 0.136. The standard InChI is InChI=1S/C13H12BrNO4/c1-2-18-13(17)10-7-19-15-11(10)12(16)8-3-5-9(14)6-4-8/h3-7,12,16H,2H2,1H3/t12-/m1/s1. The number of nitrogens with zero attached hydrogens (tertiary/aromatic N) is 1. The maximum absolute atomic E-state index is 11.7. The molecule has 6 heteroatoms. The summed E-state index contributed by atoms with van der Waals surface area (Å²) >= 11 is 3.31. The van der Waals surface area contributed by atoms with Crippen LogP contribution in [0.5, 0.6) is 0 Å². The molecule has 0 fully saturated rings. The summed E-state index contributed by atoms with van der Waals surface area (Å²) in [6, 6.07) is 7.06. The Labute approximate surface area is 118 Å². The molecule has 0 radical (unpaired) electrons. The maximum Gasteiger partial charge on any atom is 0.343 e. The molecule has 2 aromatic rings. The summed E-state index contributed by atoms with van der Waals surface area (Å²) in [6.45, 7) is 1.95. The zero-order valence-corrected chi connectivity index (χ0v) is 11.8. The van der Waals surface area contributed by atoms with Gasteiger partial charge in [-0.3, -0.25) is 0 Å². The second kappa shape index (κ2) is 5.99. The van der Waals surface area contributed by atoms with Gasteiger partial charge in [-0.15, -0.1) is 0 Å². The highest BCUT2D eigenvalue weighted by Crippen LogP contribution is 2.25. The van der Waals surface area contributed by atoms with Crippen LogP contribution in [0.15, 0.2) is 39.5 Å². The monoisotopic (exact) mass is 325 g/mol. The van der Waals surface area contributed by atoms with E-state index in [1.165, 1.54) is 6.26 Å². The van der Waals surface area contributed by atoms with E-state index in [-0.39, 0.29) is 17.9 Å². The first kappa shape index (κ1) is 13.8. The Kier molecular flexibility index (Phi) is 4.34. The van der Waals surface area contributed by atoms with E-state index in [1.54, 1.807) is 31.2 Å². The molecule has 0 spiro atoms. The van der Waals surface area contributed by atoms with Gasteiger partial charge < -0.3 is 14.4 Å². The molecule has 1 atom stereocenters. The number of carbonyl (C=O) groups is 1. The van der Waals surface area contributed by atoms with Crippen molar-refractivity contribution in [3.63, 3.8) is 0 Å². The van der Waals surface area contributed by atoms with Crippen molar-refractivity contribution >= 4 is 21.9 Å². The largest absolute Gasteiger partial charge is 0.462 e. The van der Waals surface area contributed by atoms with Gasteiger partial charge in [0.25, 0.3) is 0 Å². The Morgan fingerprint density at radius 3 is 2.79 bits per heavy atom. The highest BCUT2D eigenvalue weighted by atomic mass is 79.9. The van der Waals surface area contributed by atoms with Crippen molar-refractivity contribution in [2.24, 2.45) is 0 Å². The maximum atomic E-state index is 11.7. The van der Waals surface area contributed by atoms with Gasteiger partial charge in [-0.2, -0.15) is 0 Å². The lowest BCUT2D eigenvalue weighted by molar-refractivity contribution is 0.0520. The number of carbonyl (C=O) groups excluding carboxylic acids is 1. The van der Waals surface area contributed by atoms with Crippen molar-refractivity contribution in [3.8, 4) is 0 Å². The van der Waals surface area contributed by atoms with Crippen LogP contribution in [0.2, 0.25) is 0 Å². The van der Waals surface area contributed by atoms with Gasteiger partial charge in [-0.1, -0.05) is 33.2 Å². The van der Waals surface area contributed by atoms with E-state index in [0.29, 0.717) is 5.56 Å². The second-order valence-corrected chi connectivity index (χ2v) is 4.70. The number of hydrogen-bond acceptors (Lipinski definition) is 5. The average Bonchev–Trinajstić information content (AvgIpc) is 2.88. The van der Waals surface area contributed by atoms with Gasteiger partial charge in [-0.25, -0.2) is 4.79 Å². The van der Waals surface area contributed by atoms with E-state index in [0.717, 1.165) is 4.47 Å². The lowest BCUT2D eigenvalue weighted by Crippen LogP contribution is -2.10. The Morgan fingerprint density at radius 1 is 1.47 bits per heavy atom. The van der Waals surface area contributed by atoms with E-state index in [9.17, 15) is 9.90 Å². The molecular weight excluding hydrogens is 314 g/mol. The van der Waals surface area contributed by atoms with Crippen molar-refractivity contribution in [3.05, 3.63) is 51.8 Å². The number of rotatable bonds is 4. The fraction of sp³-hybridized carbons (Fsp3) is 0.231. The van der Waals surface area contributed by atoms with Crippen LogP contribution in [-0.2, 0) is 4.74 Å². The third-order valence-electron chi connectivity index (χ3n) is 2.54. The number of halogens is 1. The van der Waals surface area contributed by atoms with Crippen LogP contribution in [0.25, 0.3) is 0 Å². The summed E-state index contributed by atoms with van der Waals surface area (Å²) in [5.41, 5.74) is 0.903.